The van der Waals surface area contributed by atoms with Crippen LogP contribution < -0.4 is 0 Å². The standard InChI is InChI=1S/C40H54O4/c1-27(17-13-19-29(3)21-23-33-31(5)37(43)35(41)25-39(33,7)8)15-11-12-16-28(2)18-14-20-30(4)22-24-34-32(6)38(44)36(42)26-40(34,9)10/h11-13,15-17,19-24,35-36,41-42H,14,18,25-26H2,1-10H3/b12-11+,17-13+,23-21+,24-22+,27-15+,28-16+,29-19+,30-20+. The molecule has 0 bridgehead atoms. The molecule has 0 amide bonds. The zero-order valence-electron chi connectivity index (χ0n) is 28.6. The highest BCUT2D eigenvalue weighted by Crippen LogP contribution is 2.40. The Bertz CT molecular complexity index is 1410. The molecule has 4 heteroatoms. The van der Waals surface area contributed by atoms with Crippen LogP contribution in [0.25, 0.3) is 0 Å². The number of rotatable bonds is 11. The lowest BCUT2D eigenvalue weighted by Crippen LogP contribution is -2.35. The quantitative estimate of drug-likeness (QED) is 0.233. The lowest BCUT2D eigenvalue weighted by Gasteiger charge is -2.34. The normalized spacial score (nSPS) is 24.4. The molecule has 0 spiro atoms. The molecule has 0 fully saturated rings. The Morgan fingerprint density at radius 1 is 0.682 bits per heavy atom. The topological polar surface area (TPSA) is 74.6 Å². The molecular formula is C40H54O4. The monoisotopic (exact) mass is 598 g/mol. The maximum Gasteiger partial charge on any atom is 0.187 e. The van der Waals surface area contributed by atoms with Gasteiger partial charge in [0.1, 0.15) is 12.2 Å². The minimum atomic E-state index is -0.903. The molecule has 238 valence electrons. The van der Waals surface area contributed by atoms with Crippen LogP contribution in [0.1, 0.15) is 94.9 Å². The number of aliphatic hydroxyl groups is 2. The van der Waals surface area contributed by atoms with Crippen molar-refractivity contribution in [1.29, 1.82) is 0 Å². The van der Waals surface area contributed by atoms with E-state index in [1.807, 2.05) is 44.2 Å². The van der Waals surface area contributed by atoms with Crippen LogP contribution in [-0.4, -0.2) is 34.0 Å². The van der Waals surface area contributed by atoms with Crippen LogP contribution in [0, 0.1) is 10.8 Å². The average Bonchev–Trinajstić information content (AvgIpc) is 2.92. The molecule has 0 saturated carbocycles. The van der Waals surface area contributed by atoms with Gasteiger partial charge in [-0.15, -0.1) is 0 Å². The Hall–Kier alpha value is -3.34. The summed E-state index contributed by atoms with van der Waals surface area (Å²) in [5.74, 6) is -0.332. The number of aliphatic hydroxyl groups excluding tert-OH is 2. The van der Waals surface area contributed by atoms with Crippen molar-refractivity contribution in [3.8, 4) is 0 Å². The zero-order chi connectivity index (χ0) is 33.2. The first-order valence-corrected chi connectivity index (χ1v) is 15.7. The Morgan fingerprint density at radius 3 is 1.64 bits per heavy atom. The van der Waals surface area contributed by atoms with Gasteiger partial charge in [0, 0.05) is 0 Å². The third-order valence-electron chi connectivity index (χ3n) is 8.62. The first-order chi connectivity index (χ1) is 20.5. The second kappa shape index (κ2) is 16.1. The highest BCUT2D eigenvalue weighted by atomic mass is 16.3. The molecule has 2 N–H and O–H groups in total. The van der Waals surface area contributed by atoms with E-state index in [9.17, 15) is 19.8 Å². The van der Waals surface area contributed by atoms with Gasteiger partial charge in [0.05, 0.1) is 0 Å². The molecular weight excluding hydrogens is 544 g/mol. The summed E-state index contributed by atoms with van der Waals surface area (Å²) in [6, 6.07) is 0. The van der Waals surface area contributed by atoms with Crippen molar-refractivity contribution in [2.24, 2.45) is 10.8 Å². The van der Waals surface area contributed by atoms with E-state index in [-0.39, 0.29) is 22.4 Å². The second-order valence-corrected chi connectivity index (χ2v) is 13.7. The first-order valence-electron chi connectivity index (χ1n) is 15.7. The van der Waals surface area contributed by atoms with Crippen molar-refractivity contribution in [3.63, 3.8) is 0 Å². The van der Waals surface area contributed by atoms with E-state index in [1.165, 1.54) is 5.57 Å². The molecule has 0 aromatic rings. The summed E-state index contributed by atoms with van der Waals surface area (Å²) in [6.45, 7) is 20.2. The third-order valence-corrected chi connectivity index (χ3v) is 8.62. The number of carbonyl (C=O) groups is 2. The van der Waals surface area contributed by atoms with Crippen molar-refractivity contribution < 1.29 is 19.8 Å². The number of hydrogen-bond donors (Lipinski definition) is 2. The Morgan fingerprint density at radius 2 is 1.11 bits per heavy atom. The molecule has 0 aliphatic heterocycles. The van der Waals surface area contributed by atoms with E-state index in [1.54, 1.807) is 6.92 Å². The fourth-order valence-corrected chi connectivity index (χ4v) is 5.85. The summed E-state index contributed by atoms with van der Waals surface area (Å²) < 4.78 is 0. The summed E-state index contributed by atoms with van der Waals surface area (Å²) in [7, 11) is 0. The zero-order valence-corrected chi connectivity index (χ0v) is 28.6. The lowest BCUT2D eigenvalue weighted by molar-refractivity contribution is -0.126. The first kappa shape index (κ1) is 36.8. The summed E-state index contributed by atoms with van der Waals surface area (Å²) >= 11 is 0. The van der Waals surface area contributed by atoms with Crippen LogP contribution in [0.5, 0.6) is 0 Å². The van der Waals surface area contributed by atoms with E-state index in [4.69, 9.17) is 0 Å². The fraction of sp³-hybridized carbons (Fsp3) is 0.450. The van der Waals surface area contributed by atoms with Crippen molar-refractivity contribution in [3.05, 3.63) is 117 Å². The van der Waals surface area contributed by atoms with Gasteiger partial charge in [-0.05, 0) is 100 Å². The molecule has 2 atom stereocenters. The average molecular weight is 599 g/mol. The van der Waals surface area contributed by atoms with Crippen LogP contribution in [-0.2, 0) is 9.59 Å². The Kier molecular flexibility index (Phi) is 13.5. The number of allylic oxidation sites excluding steroid dienone is 18. The summed E-state index contributed by atoms with van der Waals surface area (Å²) in [6.07, 6.45) is 25.9. The van der Waals surface area contributed by atoms with Gasteiger partial charge in [0.15, 0.2) is 11.6 Å². The summed E-state index contributed by atoms with van der Waals surface area (Å²) in [5.41, 5.74) is 7.53. The molecule has 2 rings (SSSR count). The van der Waals surface area contributed by atoms with Crippen molar-refractivity contribution in [1.82, 2.24) is 0 Å². The second-order valence-electron chi connectivity index (χ2n) is 13.7. The molecule has 2 aliphatic rings. The van der Waals surface area contributed by atoms with E-state index in [2.05, 4.69) is 91.0 Å². The molecule has 2 aliphatic carbocycles. The van der Waals surface area contributed by atoms with Gasteiger partial charge in [-0.1, -0.05) is 123 Å². The van der Waals surface area contributed by atoms with Gasteiger partial charge in [0.25, 0.3) is 0 Å². The molecule has 0 heterocycles. The van der Waals surface area contributed by atoms with Gasteiger partial charge >= 0.3 is 0 Å². The predicted octanol–water partition coefficient (Wildman–Crippen LogP) is 9.13. The highest BCUT2D eigenvalue weighted by Gasteiger charge is 2.37. The SMILES string of the molecule is CC1=C(/C=C/C(C)=C/C=C/C(C)=C/C=C/C=C(\C)CC/C=C(C)/C=C/C2=C(C)C(=O)C(O)CC2(C)C)C(C)(C)CC(O)C1=O. The summed E-state index contributed by atoms with van der Waals surface area (Å²) in [5, 5.41) is 20.1. The molecule has 0 radical (unpaired) electrons. The van der Waals surface area contributed by atoms with Crippen LogP contribution in [0.3, 0.4) is 0 Å². The fourth-order valence-electron chi connectivity index (χ4n) is 5.85. The molecule has 0 aromatic carbocycles. The van der Waals surface area contributed by atoms with E-state index >= 15 is 0 Å². The van der Waals surface area contributed by atoms with Gasteiger partial charge in [0.2, 0.25) is 0 Å². The number of Topliss-reactive ketones (excluding diaryl/α,β-unsaturated/α-hetero) is 2. The Labute approximate surface area is 266 Å². The summed E-state index contributed by atoms with van der Waals surface area (Å²) in [4.78, 5) is 24.5. The Balaban J connectivity index is 1.89. The largest absolute Gasteiger partial charge is 0.385 e. The van der Waals surface area contributed by atoms with E-state index < -0.39 is 12.2 Å². The van der Waals surface area contributed by atoms with Gasteiger partial charge in [-0.25, -0.2) is 0 Å². The van der Waals surface area contributed by atoms with Gasteiger partial charge in [-0.3, -0.25) is 9.59 Å². The van der Waals surface area contributed by atoms with Crippen LogP contribution in [0.15, 0.2) is 117 Å². The maximum absolute atomic E-state index is 12.2. The van der Waals surface area contributed by atoms with Gasteiger partial charge in [-0.2, -0.15) is 0 Å². The van der Waals surface area contributed by atoms with Crippen molar-refractivity contribution in [2.45, 2.75) is 107 Å². The minimum Gasteiger partial charge on any atom is -0.385 e. The molecule has 4 nitrogen and oxygen atoms in total. The third kappa shape index (κ3) is 10.7. The highest BCUT2D eigenvalue weighted by molar-refractivity contribution is 6.01. The smallest absolute Gasteiger partial charge is 0.187 e. The van der Waals surface area contributed by atoms with Crippen molar-refractivity contribution >= 4 is 11.6 Å². The van der Waals surface area contributed by atoms with Crippen molar-refractivity contribution in [2.75, 3.05) is 0 Å². The minimum absolute atomic E-state index is 0.161. The molecule has 0 saturated heterocycles. The number of ketones is 2. The van der Waals surface area contributed by atoms with E-state index in [0.29, 0.717) is 24.0 Å². The van der Waals surface area contributed by atoms with Crippen LogP contribution in [0.2, 0.25) is 0 Å². The molecule has 0 aromatic heterocycles. The molecule has 44 heavy (non-hydrogen) atoms. The maximum atomic E-state index is 12.2. The predicted molar refractivity (Wildman–Crippen MR) is 185 cm³/mol. The number of hydrogen-bond acceptors (Lipinski definition) is 4. The number of carbonyl (C=O) groups excluding carboxylic acids is 2. The van der Waals surface area contributed by atoms with E-state index in [0.717, 1.165) is 40.7 Å². The lowest BCUT2D eigenvalue weighted by atomic mass is 9.71. The van der Waals surface area contributed by atoms with Crippen LogP contribution in [0.4, 0.5) is 0 Å². The van der Waals surface area contributed by atoms with Crippen LogP contribution >= 0.6 is 0 Å². The van der Waals surface area contributed by atoms with Gasteiger partial charge < -0.3 is 10.2 Å². The molecule has 2 unspecified atom stereocenters.